The number of benzene rings is 2. The Kier molecular flexibility index (Phi) is 6.01. The van der Waals surface area contributed by atoms with E-state index in [-0.39, 0.29) is 12.2 Å². The van der Waals surface area contributed by atoms with Crippen molar-refractivity contribution in [3.63, 3.8) is 0 Å². The van der Waals surface area contributed by atoms with Crippen molar-refractivity contribution in [2.24, 2.45) is 0 Å². The second-order valence-electron chi connectivity index (χ2n) is 7.42. The molecule has 1 aliphatic rings. The Morgan fingerprint density at radius 1 is 1.00 bits per heavy atom. The fourth-order valence-corrected chi connectivity index (χ4v) is 3.78. The summed E-state index contributed by atoms with van der Waals surface area (Å²) in [6.45, 7) is 10.1. The van der Waals surface area contributed by atoms with Gasteiger partial charge in [0.05, 0.1) is 25.3 Å². The van der Waals surface area contributed by atoms with Gasteiger partial charge in [-0.1, -0.05) is 42.5 Å². The number of hydrogen-bond acceptors (Lipinski definition) is 3. The first-order chi connectivity index (χ1) is 15.4. The van der Waals surface area contributed by atoms with Gasteiger partial charge in [-0.2, -0.15) is 13.2 Å². The van der Waals surface area contributed by atoms with Crippen LogP contribution < -0.4 is 10.5 Å². The predicted octanol–water partition coefficient (Wildman–Crippen LogP) is 4.97. The summed E-state index contributed by atoms with van der Waals surface area (Å²) in [5.74, 6) is 0. The summed E-state index contributed by atoms with van der Waals surface area (Å²) in [4.78, 5) is 18.1. The fraction of sp³-hybridized carbons (Fsp3) is 0.250. The molecule has 0 bridgehead atoms. The van der Waals surface area contributed by atoms with Crippen molar-refractivity contribution in [2.45, 2.75) is 12.7 Å². The first-order valence-corrected chi connectivity index (χ1v) is 10.1. The van der Waals surface area contributed by atoms with E-state index < -0.39 is 23.0 Å². The van der Waals surface area contributed by atoms with Gasteiger partial charge >= 0.3 is 6.18 Å². The third-order valence-corrected chi connectivity index (χ3v) is 5.41. The zero-order chi connectivity index (χ0) is 22.7. The average Bonchev–Trinajstić information content (AvgIpc) is 2.81. The van der Waals surface area contributed by atoms with Gasteiger partial charge in [0.1, 0.15) is 0 Å². The zero-order valence-electron chi connectivity index (χ0n) is 17.1. The van der Waals surface area contributed by atoms with Crippen molar-refractivity contribution in [3.8, 4) is 11.3 Å². The molecule has 0 N–H and O–H groups in total. The van der Waals surface area contributed by atoms with Gasteiger partial charge in [0.15, 0.2) is 0 Å². The van der Waals surface area contributed by atoms with Crippen molar-refractivity contribution in [3.05, 3.63) is 93.6 Å². The maximum Gasteiger partial charge on any atom is 0.407 e. The van der Waals surface area contributed by atoms with Gasteiger partial charge in [-0.3, -0.25) is 4.79 Å². The van der Waals surface area contributed by atoms with Crippen LogP contribution in [0.2, 0.25) is 0 Å². The largest absolute Gasteiger partial charge is 0.407 e. The molecule has 2 heterocycles. The molecule has 8 heteroatoms. The fourth-order valence-electron chi connectivity index (χ4n) is 3.78. The molecule has 1 aliphatic heterocycles. The summed E-state index contributed by atoms with van der Waals surface area (Å²) in [5, 5.41) is 0. The van der Waals surface area contributed by atoms with Gasteiger partial charge in [-0.05, 0) is 29.3 Å². The number of ether oxygens (including phenoxy) is 1. The number of anilines is 1. The topological polar surface area (TPSA) is 38.8 Å². The predicted molar refractivity (Wildman–Crippen MR) is 116 cm³/mol. The minimum absolute atomic E-state index is 0.0487. The summed E-state index contributed by atoms with van der Waals surface area (Å²) in [6.07, 6.45) is -4.80. The SMILES string of the molecule is [C-]#[N+]c1c(C(F)(F)F)cc(-c2ccccc2)n(Cc2ccc(N3CCOCC3)cc2)c1=O. The van der Waals surface area contributed by atoms with E-state index in [1.165, 1.54) is 4.57 Å². The molecule has 0 saturated carbocycles. The highest BCUT2D eigenvalue weighted by molar-refractivity contribution is 5.66. The van der Waals surface area contributed by atoms with Gasteiger partial charge in [0.25, 0.3) is 11.2 Å². The minimum atomic E-state index is -4.80. The van der Waals surface area contributed by atoms with Crippen LogP contribution in [0.1, 0.15) is 11.1 Å². The molecule has 3 aromatic rings. The molecule has 0 atom stereocenters. The van der Waals surface area contributed by atoms with Crippen LogP contribution in [-0.2, 0) is 17.5 Å². The minimum Gasteiger partial charge on any atom is -0.378 e. The maximum absolute atomic E-state index is 13.6. The first-order valence-electron chi connectivity index (χ1n) is 10.1. The number of nitrogens with zero attached hydrogens (tertiary/aromatic N) is 3. The van der Waals surface area contributed by atoms with E-state index in [1.54, 1.807) is 30.3 Å². The van der Waals surface area contributed by atoms with Crippen molar-refractivity contribution in [1.82, 2.24) is 4.57 Å². The quantitative estimate of drug-likeness (QED) is 0.539. The molecule has 0 radical (unpaired) electrons. The van der Waals surface area contributed by atoms with Crippen molar-refractivity contribution in [1.29, 1.82) is 0 Å². The number of rotatable bonds is 4. The molecule has 0 aliphatic carbocycles. The molecule has 0 amide bonds. The van der Waals surface area contributed by atoms with Crippen LogP contribution in [0.4, 0.5) is 24.5 Å². The molecule has 0 spiro atoms. The first kappa shape index (κ1) is 21.7. The van der Waals surface area contributed by atoms with Crippen molar-refractivity contribution < 1.29 is 17.9 Å². The molecule has 2 aromatic carbocycles. The van der Waals surface area contributed by atoms with Gasteiger partial charge < -0.3 is 14.2 Å². The van der Waals surface area contributed by atoms with E-state index in [0.29, 0.717) is 18.8 Å². The molecule has 32 heavy (non-hydrogen) atoms. The summed E-state index contributed by atoms with van der Waals surface area (Å²) in [7, 11) is 0. The maximum atomic E-state index is 13.6. The van der Waals surface area contributed by atoms with E-state index in [4.69, 9.17) is 11.3 Å². The Labute approximate surface area is 183 Å². The summed E-state index contributed by atoms with van der Waals surface area (Å²) in [6, 6.07) is 16.9. The van der Waals surface area contributed by atoms with Crippen LogP contribution in [0.25, 0.3) is 16.1 Å². The highest BCUT2D eigenvalue weighted by Crippen LogP contribution is 2.37. The van der Waals surface area contributed by atoms with E-state index in [2.05, 4.69) is 9.74 Å². The normalized spacial score (nSPS) is 14.2. The number of alkyl halides is 3. The third-order valence-electron chi connectivity index (χ3n) is 5.41. The Bertz CT molecular complexity index is 1190. The number of halogens is 3. The molecular formula is C24H20F3N3O2. The standard InChI is InChI=1S/C24H20F3N3O2/c1-28-22-20(24(25,26)27)15-21(18-5-3-2-4-6-18)30(23(22)31)16-17-7-9-19(10-8-17)29-11-13-32-14-12-29/h2-10,15H,11-14,16H2. The third kappa shape index (κ3) is 4.39. The number of morpholine rings is 1. The lowest BCUT2D eigenvalue weighted by molar-refractivity contribution is -0.136. The molecule has 1 fully saturated rings. The van der Waals surface area contributed by atoms with Crippen molar-refractivity contribution in [2.75, 3.05) is 31.2 Å². The lowest BCUT2D eigenvalue weighted by Crippen LogP contribution is -2.36. The van der Waals surface area contributed by atoms with Crippen LogP contribution in [0, 0.1) is 6.57 Å². The van der Waals surface area contributed by atoms with Crippen LogP contribution in [0.3, 0.4) is 0 Å². The number of hydrogen-bond donors (Lipinski definition) is 0. The molecule has 4 rings (SSSR count). The highest BCUT2D eigenvalue weighted by Gasteiger charge is 2.36. The number of aromatic nitrogens is 1. The lowest BCUT2D eigenvalue weighted by atomic mass is 10.1. The molecule has 1 aromatic heterocycles. The van der Waals surface area contributed by atoms with E-state index in [1.807, 2.05) is 24.3 Å². The van der Waals surface area contributed by atoms with E-state index >= 15 is 0 Å². The Balaban J connectivity index is 1.77. The van der Waals surface area contributed by atoms with E-state index in [9.17, 15) is 18.0 Å². The second-order valence-corrected chi connectivity index (χ2v) is 7.42. The second kappa shape index (κ2) is 8.89. The van der Waals surface area contributed by atoms with Crippen LogP contribution in [0.15, 0.2) is 65.5 Å². The summed E-state index contributed by atoms with van der Waals surface area (Å²) in [5.41, 5.74) is -0.730. The zero-order valence-corrected chi connectivity index (χ0v) is 17.1. The van der Waals surface area contributed by atoms with Gasteiger partial charge in [0, 0.05) is 31.0 Å². The molecule has 164 valence electrons. The Morgan fingerprint density at radius 3 is 2.25 bits per heavy atom. The lowest BCUT2D eigenvalue weighted by Gasteiger charge is -2.29. The van der Waals surface area contributed by atoms with Crippen LogP contribution in [-0.4, -0.2) is 30.9 Å². The molecular weight excluding hydrogens is 419 g/mol. The smallest absolute Gasteiger partial charge is 0.378 e. The van der Waals surface area contributed by atoms with Gasteiger partial charge in [0.2, 0.25) is 0 Å². The van der Waals surface area contributed by atoms with Gasteiger partial charge in [-0.15, -0.1) is 0 Å². The molecule has 0 unspecified atom stereocenters. The highest BCUT2D eigenvalue weighted by atomic mass is 19.4. The number of pyridine rings is 1. The van der Waals surface area contributed by atoms with Crippen LogP contribution >= 0.6 is 0 Å². The summed E-state index contributed by atoms with van der Waals surface area (Å²) >= 11 is 0. The Hall–Kier alpha value is -3.57. The monoisotopic (exact) mass is 439 g/mol. The van der Waals surface area contributed by atoms with Crippen molar-refractivity contribution >= 4 is 11.4 Å². The molecule has 1 saturated heterocycles. The van der Waals surface area contributed by atoms with E-state index in [0.717, 1.165) is 30.4 Å². The Morgan fingerprint density at radius 2 is 1.66 bits per heavy atom. The van der Waals surface area contributed by atoms with Gasteiger partial charge in [-0.25, -0.2) is 4.85 Å². The van der Waals surface area contributed by atoms with Crippen LogP contribution in [0.5, 0.6) is 0 Å². The summed E-state index contributed by atoms with van der Waals surface area (Å²) < 4.78 is 47.4. The molecule has 5 nitrogen and oxygen atoms in total. The average molecular weight is 439 g/mol.